The molecule has 0 spiro atoms. The van der Waals surface area contributed by atoms with Crippen LogP contribution in [-0.4, -0.2) is 18.1 Å². The van der Waals surface area contributed by atoms with Crippen LogP contribution in [0.5, 0.6) is 0 Å². The highest BCUT2D eigenvalue weighted by Crippen LogP contribution is 2.19. The Labute approximate surface area is 83.4 Å². The number of piperidine rings is 1. The van der Waals surface area contributed by atoms with E-state index in [1.165, 1.54) is 43.8 Å². The number of hydrogen-bond acceptors (Lipinski definition) is 3. The zero-order valence-corrected chi connectivity index (χ0v) is 8.65. The molecule has 1 aromatic heterocycles. The Balaban J connectivity index is 1.72. The van der Waals surface area contributed by atoms with Crippen LogP contribution < -0.4 is 5.32 Å². The molecule has 0 unspecified atom stereocenters. The van der Waals surface area contributed by atoms with Crippen molar-refractivity contribution in [2.45, 2.75) is 25.7 Å². The van der Waals surface area contributed by atoms with E-state index in [-0.39, 0.29) is 0 Å². The zero-order chi connectivity index (χ0) is 8.93. The third-order valence-corrected chi connectivity index (χ3v) is 3.55. The average molecular weight is 196 g/mol. The van der Waals surface area contributed by atoms with Crippen molar-refractivity contribution < 1.29 is 0 Å². The van der Waals surface area contributed by atoms with Gasteiger partial charge in [0.25, 0.3) is 0 Å². The Kier molecular flexibility index (Phi) is 3.33. The second kappa shape index (κ2) is 4.72. The molecular formula is C10H16N2S. The third-order valence-electron chi connectivity index (χ3n) is 2.71. The van der Waals surface area contributed by atoms with Gasteiger partial charge in [-0.2, -0.15) is 0 Å². The summed E-state index contributed by atoms with van der Waals surface area (Å²) in [7, 11) is 0. The van der Waals surface area contributed by atoms with Gasteiger partial charge >= 0.3 is 0 Å². The van der Waals surface area contributed by atoms with Gasteiger partial charge in [0.1, 0.15) is 0 Å². The minimum Gasteiger partial charge on any atom is -0.317 e. The Morgan fingerprint density at radius 3 is 3.00 bits per heavy atom. The van der Waals surface area contributed by atoms with Crippen LogP contribution in [0.25, 0.3) is 0 Å². The lowest BCUT2D eigenvalue weighted by atomic mass is 9.93. The van der Waals surface area contributed by atoms with Gasteiger partial charge in [-0.3, -0.25) is 0 Å². The largest absolute Gasteiger partial charge is 0.317 e. The maximum absolute atomic E-state index is 4.30. The Morgan fingerprint density at radius 2 is 2.31 bits per heavy atom. The zero-order valence-electron chi connectivity index (χ0n) is 7.83. The molecule has 1 saturated heterocycles. The van der Waals surface area contributed by atoms with Gasteiger partial charge in [0.05, 0.1) is 5.01 Å². The molecule has 0 saturated carbocycles. The minimum atomic E-state index is 0.935. The van der Waals surface area contributed by atoms with Crippen LogP contribution in [0, 0.1) is 5.92 Å². The van der Waals surface area contributed by atoms with Crippen molar-refractivity contribution in [2.75, 3.05) is 13.1 Å². The molecule has 3 heteroatoms. The van der Waals surface area contributed by atoms with E-state index in [9.17, 15) is 0 Å². The molecule has 0 bridgehead atoms. The molecule has 13 heavy (non-hydrogen) atoms. The van der Waals surface area contributed by atoms with E-state index in [4.69, 9.17) is 0 Å². The number of nitrogens with zero attached hydrogens (tertiary/aromatic N) is 1. The van der Waals surface area contributed by atoms with Crippen molar-refractivity contribution in [3.8, 4) is 0 Å². The highest BCUT2D eigenvalue weighted by molar-refractivity contribution is 7.09. The van der Waals surface area contributed by atoms with Gasteiger partial charge in [0.2, 0.25) is 0 Å². The fraction of sp³-hybridized carbons (Fsp3) is 0.700. The first kappa shape index (κ1) is 9.16. The maximum Gasteiger partial charge on any atom is 0.0924 e. The number of hydrogen-bond donors (Lipinski definition) is 1. The third kappa shape index (κ3) is 2.78. The molecule has 0 radical (unpaired) electrons. The maximum atomic E-state index is 4.30. The number of aromatic nitrogens is 1. The molecule has 72 valence electrons. The molecule has 0 aliphatic carbocycles. The van der Waals surface area contributed by atoms with Crippen LogP contribution in [0.2, 0.25) is 0 Å². The highest BCUT2D eigenvalue weighted by Gasteiger charge is 2.12. The fourth-order valence-electron chi connectivity index (χ4n) is 1.87. The Hall–Kier alpha value is -0.410. The molecule has 0 aromatic carbocycles. The van der Waals surface area contributed by atoms with Gasteiger partial charge in [-0.1, -0.05) is 0 Å². The summed E-state index contributed by atoms with van der Waals surface area (Å²) in [6, 6.07) is 0. The van der Waals surface area contributed by atoms with Crippen LogP contribution in [-0.2, 0) is 6.42 Å². The second-order valence-electron chi connectivity index (χ2n) is 3.66. The van der Waals surface area contributed by atoms with Gasteiger partial charge in [-0.25, -0.2) is 4.98 Å². The molecule has 0 atom stereocenters. The number of rotatable bonds is 3. The van der Waals surface area contributed by atoms with Gasteiger partial charge < -0.3 is 5.32 Å². The van der Waals surface area contributed by atoms with E-state index in [2.05, 4.69) is 15.7 Å². The lowest BCUT2D eigenvalue weighted by molar-refractivity contribution is 0.354. The number of nitrogens with one attached hydrogen (secondary N) is 1. The van der Waals surface area contributed by atoms with Crippen molar-refractivity contribution in [3.05, 3.63) is 16.6 Å². The van der Waals surface area contributed by atoms with Crippen molar-refractivity contribution in [2.24, 2.45) is 5.92 Å². The summed E-state index contributed by atoms with van der Waals surface area (Å²) in [5, 5.41) is 6.77. The first-order valence-corrected chi connectivity index (χ1v) is 5.92. The van der Waals surface area contributed by atoms with Crippen LogP contribution in [0.4, 0.5) is 0 Å². The number of aryl methyl sites for hydroxylation is 1. The van der Waals surface area contributed by atoms with Crippen LogP contribution in [0.3, 0.4) is 0 Å². The Bertz CT molecular complexity index is 227. The SMILES string of the molecule is c1csc(CCC2CCNCC2)n1. The van der Waals surface area contributed by atoms with E-state index in [0.29, 0.717) is 0 Å². The molecule has 2 nitrogen and oxygen atoms in total. The summed E-state index contributed by atoms with van der Waals surface area (Å²) in [6.45, 7) is 2.42. The summed E-state index contributed by atoms with van der Waals surface area (Å²) in [5.74, 6) is 0.935. The van der Waals surface area contributed by atoms with Crippen LogP contribution in [0.15, 0.2) is 11.6 Å². The molecule has 1 fully saturated rings. The van der Waals surface area contributed by atoms with E-state index < -0.39 is 0 Å². The lowest BCUT2D eigenvalue weighted by Crippen LogP contribution is -2.27. The van der Waals surface area contributed by atoms with Crippen LogP contribution in [0.1, 0.15) is 24.3 Å². The van der Waals surface area contributed by atoms with E-state index in [1.807, 2.05) is 6.20 Å². The first-order valence-electron chi connectivity index (χ1n) is 5.04. The standard InChI is InChI=1S/C10H16N2S/c1(2-10-12-7-8-13-10)9-3-5-11-6-4-9/h7-9,11H,1-6H2. The van der Waals surface area contributed by atoms with Gasteiger partial charge in [0.15, 0.2) is 0 Å². The molecule has 1 aromatic rings. The summed E-state index contributed by atoms with van der Waals surface area (Å²) in [5.41, 5.74) is 0. The van der Waals surface area contributed by atoms with Gasteiger partial charge in [-0.05, 0) is 44.7 Å². The monoisotopic (exact) mass is 196 g/mol. The lowest BCUT2D eigenvalue weighted by Gasteiger charge is -2.21. The molecule has 2 heterocycles. The predicted octanol–water partition coefficient (Wildman–Crippen LogP) is 2.08. The van der Waals surface area contributed by atoms with Gasteiger partial charge in [0, 0.05) is 11.6 Å². The smallest absolute Gasteiger partial charge is 0.0924 e. The normalized spacial score (nSPS) is 19.1. The molecule has 1 N–H and O–H groups in total. The topological polar surface area (TPSA) is 24.9 Å². The van der Waals surface area contributed by atoms with Crippen molar-refractivity contribution >= 4 is 11.3 Å². The van der Waals surface area contributed by atoms with Crippen molar-refractivity contribution in [3.63, 3.8) is 0 Å². The average Bonchev–Trinajstić information content (AvgIpc) is 2.69. The first-order chi connectivity index (χ1) is 6.45. The minimum absolute atomic E-state index is 0.935. The number of thiazole rings is 1. The summed E-state index contributed by atoms with van der Waals surface area (Å²) in [6.07, 6.45) is 7.12. The fourth-order valence-corrected chi connectivity index (χ4v) is 2.51. The quantitative estimate of drug-likeness (QED) is 0.800. The van der Waals surface area contributed by atoms with Crippen molar-refractivity contribution in [1.29, 1.82) is 0 Å². The summed E-state index contributed by atoms with van der Waals surface area (Å²) >= 11 is 1.78. The molecule has 1 aliphatic heterocycles. The van der Waals surface area contributed by atoms with Gasteiger partial charge in [-0.15, -0.1) is 11.3 Å². The summed E-state index contributed by atoms with van der Waals surface area (Å²) < 4.78 is 0. The molecule has 1 aliphatic rings. The van der Waals surface area contributed by atoms with E-state index in [1.54, 1.807) is 11.3 Å². The second-order valence-corrected chi connectivity index (χ2v) is 4.64. The summed E-state index contributed by atoms with van der Waals surface area (Å²) in [4.78, 5) is 4.30. The van der Waals surface area contributed by atoms with Crippen LogP contribution >= 0.6 is 11.3 Å². The molecule has 2 rings (SSSR count). The Morgan fingerprint density at radius 1 is 1.46 bits per heavy atom. The van der Waals surface area contributed by atoms with Crippen molar-refractivity contribution in [1.82, 2.24) is 10.3 Å². The predicted molar refractivity (Wildman–Crippen MR) is 56.0 cm³/mol. The van der Waals surface area contributed by atoms with E-state index in [0.717, 1.165) is 5.92 Å². The molecule has 0 amide bonds. The molecular weight excluding hydrogens is 180 g/mol. The van der Waals surface area contributed by atoms with E-state index >= 15 is 0 Å². The highest BCUT2D eigenvalue weighted by atomic mass is 32.1.